The summed E-state index contributed by atoms with van der Waals surface area (Å²) in [6, 6.07) is 7.65. The van der Waals surface area contributed by atoms with Crippen molar-refractivity contribution in [1.82, 2.24) is 0 Å². The average molecular weight is 376 g/mol. The molecule has 0 saturated carbocycles. The predicted molar refractivity (Wildman–Crippen MR) is 95.3 cm³/mol. The number of ether oxygens (including phenoxy) is 1. The molecule has 1 fully saturated rings. The first-order chi connectivity index (χ1) is 12.9. The number of piperidine rings is 1. The lowest BCUT2D eigenvalue weighted by atomic mass is 9.89. The van der Waals surface area contributed by atoms with Crippen LogP contribution in [0.1, 0.15) is 23.2 Å². The van der Waals surface area contributed by atoms with Crippen LogP contribution in [0.15, 0.2) is 36.4 Å². The van der Waals surface area contributed by atoms with Crippen molar-refractivity contribution < 1.29 is 23.2 Å². The molecule has 1 saturated heterocycles. The Kier molecular flexibility index (Phi) is 5.34. The number of nitrogens with zero attached hydrogens (tertiary/aromatic N) is 2. The SMILES string of the molecule is COc1cc(F)c([N+](=O)[O-])c(N2CCCC(C(=O)c3ccc(F)cc3)C2)c1. The maximum absolute atomic E-state index is 14.2. The quantitative estimate of drug-likeness (QED) is 0.448. The zero-order valence-electron chi connectivity index (χ0n) is 14.7. The van der Waals surface area contributed by atoms with Gasteiger partial charge in [0.15, 0.2) is 5.78 Å². The van der Waals surface area contributed by atoms with Gasteiger partial charge in [-0.3, -0.25) is 14.9 Å². The second-order valence-corrected chi connectivity index (χ2v) is 6.39. The van der Waals surface area contributed by atoms with Crippen LogP contribution in [0.3, 0.4) is 0 Å². The Morgan fingerprint density at radius 1 is 1.26 bits per heavy atom. The first-order valence-corrected chi connectivity index (χ1v) is 8.47. The number of anilines is 1. The summed E-state index contributed by atoms with van der Waals surface area (Å²) in [5.74, 6) is -1.83. The van der Waals surface area contributed by atoms with Crippen LogP contribution in [0.4, 0.5) is 20.2 Å². The maximum atomic E-state index is 14.2. The van der Waals surface area contributed by atoms with E-state index in [2.05, 4.69) is 0 Å². The molecule has 1 aliphatic heterocycles. The van der Waals surface area contributed by atoms with Crippen LogP contribution in [0.2, 0.25) is 0 Å². The van der Waals surface area contributed by atoms with Crippen molar-refractivity contribution in [3.05, 3.63) is 63.7 Å². The van der Waals surface area contributed by atoms with Crippen LogP contribution in [0, 0.1) is 27.7 Å². The highest BCUT2D eigenvalue weighted by Gasteiger charge is 2.32. The number of hydrogen-bond donors (Lipinski definition) is 0. The number of methoxy groups -OCH3 is 1. The first kappa shape index (κ1) is 18.8. The zero-order chi connectivity index (χ0) is 19.6. The molecule has 27 heavy (non-hydrogen) atoms. The number of nitro benzene ring substituents is 1. The van der Waals surface area contributed by atoms with Crippen molar-refractivity contribution in [3.8, 4) is 5.75 Å². The summed E-state index contributed by atoms with van der Waals surface area (Å²) in [6.45, 7) is 0.671. The fourth-order valence-corrected chi connectivity index (χ4v) is 3.36. The molecule has 6 nitrogen and oxygen atoms in total. The predicted octanol–water partition coefficient (Wildman–Crippen LogP) is 3.98. The molecule has 0 spiro atoms. The van der Waals surface area contributed by atoms with E-state index in [-0.39, 0.29) is 23.8 Å². The van der Waals surface area contributed by atoms with Gasteiger partial charge in [-0.05, 0) is 37.1 Å². The maximum Gasteiger partial charge on any atom is 0.328 e. The Morgan fingerprint density at radius 3 is 2.59 bits per heavy atom. The minimum Gasteiger partial charge on any atom is -0.497 e. The molecule has 0 amide bonds. The third-order valence-electron chi connectivity index (χ3n) is 4.70. The summed E-state index contributed by atoms with van der Waals surface area (Å²) in [5, 5.41) is 11.3. The van der Waals surface area contributed by atoms with E-state index in [4.69, 9.17) is 4.74 Å². The largest absolute Gasteiger partial charge is 0.497 e. The van der Waals surface area contributed by atoms with Crippen LogP contribution in [0.5, 0.6) is 5.75 Å². The molecule has 2 aromatic rings. The molecule has 0 N–H and O–H groups in total. The average Bonchev–Trinajstić information content (AvgIpc) is 2.67. The molecule has 1 aliphatic rings. The summed E-state index contributed by atoms with van der Waals surface area (Å²) < 4.78 is 32.3. The van der Waals surface area contributed by atoms with Crippen LogP contribution in [-0.4, -0.2) is 30.9 Å². The number of Topliss-reactive ketones (excluding diaryl/α,β-unsaturated/α-hetero) is 1. The van der Waals surface area contributed by atoms with Gasteiger partial charge in [-0.25, -0.2) is 4.39 Å². The Balaban J connectivity index is 1.90. The standard InChI is InChI=1S/C19H18F2N2O4/c1-27-15-9-16(21)18(23(25)26)17(10-15)22-8-2-3-13(11-22)19(24)12-4-6-14(20)7-5-12/h4-7,9-10,13H,2-3,8,11H2,1H3. The van der Waals surface area contributed by atoms with Crippen molar-refractivity contribution in [2.45, 2.75) is 12.8 Å². The van der Waals surface area contributed by atoms with E-state index >= 15 is 0 Å². The number of rotatable bonds is 5. The minimum absolute atomic E-state index is 0.0912. The molecule has 8 heteroatoms. The normalized spacial score (nSPS) is 16.9. The van der Waals surface area contributed by atoms with Gasteiger partial charge in [-0.1, -0.05) is 0 Å². The monoisotopic (exact) mass is 376 g/mol. The molecular formula is C19H18F2N2O4. The third kappa shape index (κ3) is 3.89. The lowest BCUT2D eigenvalue weighted by Crippen LogP contribution is -2.39. The number of hydrogen-bond acceptors (Lipinski definition) is 5. The topological polar surface area (TPSA) is 72.7 Å². The molecule has 0 radical (unpaired) electrons. The number of benzene rings is 2. The number of nitro groups is 1. The van der Waals surface area contributed by atoms with Crippen LogP contribution in [-0.2, 0) is 0 Å². The van der Waals surface area contributed by atoms with Crippen LogP contribution >= 0.6 is 0 Å². The van der Waals surface area contributed by atoms with E-state index in [0.29, 0.717) is 24.9 Å². The molecule has 1 unspecified atom stereocenters. The van der Waals surface area contributed by atoms with Crippen molar-refractivity contribution in [1.29, 1.82) is 0 Å². The summed E-state index contributed by atoms with van der Waals surface area (Å²) in [5.41, 5.74) is -0.159. The van der Waals surface area contributed by atoms with Crippen molar-refractivity contribution in [2.24, 2.45) is 5.92 Å². The molecule has 0 aliphatic carbocycles. The lowest BCUT2D eigenvalue weighted by Gasteiger charge is -2.33. The molecule has 0 bridgehead atoms. The van der Waals surface area contributed by atoms with E-state index in [0.717, 1.165) is 6.07 Å². The molecule has 1 atom stereocenters. The minimum atomic E-state index is -0.985. The third-order valence-corrected chi connectivity index (χ3v) is 4.70. The van der Waals surface area contributed by atoms with Gasteiger partial charge in [0.25, 0.3) is 0 Å². The molecule has 0 aromatic heterocycles. The van der Waals surface area contributed by atoms with Crippen LogP contribution < -0.4 is 9.64 Å². The van der Waals surface area contributed by atoms with E-state index in [1.54, 1.807) is 4.90 Å². The van der Waals surface area contributed by atoms with Gasteiger partial charge in [0, 0.05) is 36.7 Å². The number of halogens is 2. The molecular weight excluding hydrogens is 358 g/mol. The van der Waals surface area contributed by atoms with Crippen molar-refractivity contribution in [3.63, 3.8) is 0 Å². The fraction of sp³-hybridized carbons (Fsp3) is 0.316. The second kappa shape index (κ2) is 7.69. The number of carbonyl (C=O) groups excluding carboxylic acids is 1. The number of carbonyl (C=O) groups is 1. The van der Waals surface area contributed by atoms with E-state index < -0.39 is 28.2 Å². The van der Waals surface area contributed by atoms with Gasteiger partial charge in [0.2, 0.25) is 5.82 Å². The molecule has 142 valence electrons. The van der Waals surface area contributed by atoms with E-state index in [9.17, 15) is 23.7 Å². The fourth-order valence-electron chi connectivity index (χ4n) is 3.36. The summed E-state index contributed by atoms with van der Waals surface area (Å²) in [4.78, 5) is 24.9. The van der Waals surface area contributed by atoms with Gasteiger partial charge >= 0.3 is 5.69 Å². The summed E-state index contributed by atoms with van der Waals surface area (Å²) >= 11 is 0. The Bertz CT molecular complexity index is 871. The van der Waals surface area contributed by atoms with Gasteiger partial charge in [-0.2, -0.15) is 4.39 Å². The van der Waals surface area contributed by atoms with Gasteiger partial charge in [0.1, 0.15) is 17.3 Å². The zero-order valence-corrected chi connectivity index (χ0v) is 14.7. The highest BCUT2D eigenvalue weighted by atomic mass is 19.1. The van der Waals surface area contributed by atoms with E-state index in [1.807, 2.05) is 0 Å². The smallest absolute Gasteiger partial charge is 0.328 e. The molecule has 3 rings (SSSR count). The van der Waals surface area contributed by atoms with E-state index in [1.165, 1.54) is 37.4 Å². The van der Waals surface area contributed by atoms with Crippen molar-refractivity contribution in [2.75, 3.05) is 25.1 Å². The Hall–Kier alpha value is -3.03. The highest BCUT2D eigenvalue weighted by molar-refractivity contribution is 5.98. The first-order valence-electron chi connectivity index (χ1n) is 8.47. The van der Waals surface area contributed by atoms with Gasteiger partial charge in [-0.15, -0.1) is 0 Å². The molecule has 1 heterocycles. The number of ketones is 1. The Morgan fingerprint density at radius 2 is 1.96 bits per heavy atom. The van der Waals surface area contributed by atoms with Crippen molar-refractivity contribution >= 4 is 17.2 Å². The summed E-state index contributed by atoms with van der Waals surface area (Å²) in [6.07, 6.45) is 1.22. The van der Waals surface area contributed by atoms with Gasteiger partial charge < -0.3 is 9.64 Å². The highest BCUT2D eigenvalue weighted by Crippen LogP contribution is 2.37. The summed E-state index contributed by atoms with van der Waals surface area (Å²) in [7, 11) is 1.35. The lowest BCUT2D eigenvalue weighted by molar-refractivity contribution is -0.386. The van der Waals surface area contributed by atoms with Gasteiger partial charge in [0.05, 0.1) is 12.0 Å². The van der Waals surface area contributed by atoms with Crippen LogP contribution in [0.25, 0.3) is 0 Å². The second-order valence-electron chi connectivity index (χ2n) is 6.39. The Labute approximate surface area is 154 Å². The molecule has 2 aromatic carbocycles.